The van der Waals surface area contributed by atoms with Crippen molar-refractivity contribution < 1.29 is 14.3 Å². The number of amidine groups is 1. The van der Waals surface area contributed by atoms with Crippen LogP contribution in [0.1, 0.15) is 43.7 Å². The second kappa shape index (κ2) is 7.95. The number of carbonyl (C=O) groups excluding carboxylic acids is 2. The van der Waals surface area contributed by atoms with Gasteiger partial charge in [-0.1, -0.05) is 80.4 Å². The zero-order valence-corrected chi connectivity index (χ0v) is 14.8. The molecule has 26 heavy (non-hydrogen) atoms. The predicted molar refractivity (Wildman–Crippen MR) is 99.5 cm³/mol. The van der Waals surface area contributed by atoms with Crippen molar-refractivity contribution in [2.75, 3.05) is 0 Å². The van der Waals surface area contributed by atoms with Gasteiger partial charge in [-0.15, -0.1) is 0 Å². The van der Waals surface area contributed by atoms with Gasteiger partial charge in [0.2, 0.25) is 0 Å². The number of hydrogen-bond donors (Lipinski definition) is 1. The van der Waals surface area contributed by atoms with Gasteiger partial charge in [0.25, 0.3) is 5.91 Å². The summed E-state index contributed by atoms with van der Waals surface area (Å²) in [6.45, 7) is 2.07. The quantitative estimate of drug-likeness (QED) is 0.640. The van der Waals surface area contributed by atoms with E-state index in [9.17, 15) is 9.59 Å². The van der Waals surface area contributed by atoms with Gasteiger partial charge in [-0.25, -0.2) is 4.99 Å². The normalized spacial score (nSPS) is 15.3. The van der Waals surface area contributed by atoms with Crippen molar-refractivity contribution in [1.29, 1.82) is 0 Å². The Labute approximate surface area is 153 Å². The van der Waals surface area contributed by atoms with Crippen LogP contribution in [0.25, 0.3) is 0 Å². The van der Waals surface area contributed by atoms with Gasteiger partial charge >= 0.3 is 12.0 Å². The van der Waals surface area contributed by atoms with Crippen molar-refractivity contribution in [1.82, 2.24) is 5.32 Å². The first-order valence-corrected chi connectivity index (χ1v) is 8.90. The summed E-state index contributed by atoms with van der Waals surface area (Å²) in [7, 11) is 0. The molecule has 5 heteroatoms. The second-order valence-corrected chi connectivity index (χ2v) is 6.24. The third kappa shape index (κ3) is 3.52. The average molecular weight is 350 g/mol. The molecular weight excluding hydrogens is 328 g/mol. The summed E-state index contributed by atoms with van der Waals surface area (Å²) in [6.07, 6.45) is 3.06. The van der Waals surface area contributed by atoms with E-state index in [1.54, 1.807) is 0 Å². The number of benzene rings is 2. The molecule has 0 unspecified atom stereocenters. The van der Waals surface area contributed by atoms with E-state index in [4.69, 9.17) is 4.74 Å². The van der Waals surface area contributed by atoms with Crippen LogP contribution in [0, 0.1) is 0 Å². The highest BCUT2D eigenvalue weighted by Crippen LogP contribution is 2.37. The average Bonchev–Trinajstić information content (AvgIpc) is 3.00. The lowest BCUT2D eigenvalue weighted by atomic mass is 9.83. The van der Waals surface area contributed by atoms with E-state index in [2.05, 4.69) is 17.2 Å². The first kappa shape index (κ1) is 17.9. The summed E-state index contributed by atoms with van der Waals surface area (Å²) in [4.78, 5) is 29.5. The SMILES string of the molecule is CCCCCC(=O)OC1=NC(c2ccccc2)(c2ccccc2)C(=O)N1. The third-order valence-corrected chi connectivity index (χ3v) is 4.40. The number of nitrogens with one attached hydrogen (secondary N) is 1. The van der Waals surface area contributed by atoms with Crippen molar-refractivity contribution in [3.8, 4) is 0 Å². The molecular formula is C21H22N2O3. The van der Waals surface area contributed by atoms with Crippen molar-refractivity contribution in [3.05, 3.63) is 71.8 Å². The lowest BCUT2D eigenvalue weighted by Gasteiger charge is -2.24. The summed E-state index contributed by atoms with van der Waals surface area (Å²) in [6, 6.07) is 18.6. The van der Waals surface area contributed by atoms with Gasteiger partial charge in [0, 0.05) is 6.42 Å². The molecule has 134 valence electrons. The number of esters is 1. The minimum Gasteiger partial charge on any atom is -0.392 e. The maximum atomic E-state index is 12.9. The van der Waals surface area contributed by atoms with Crippen LogP contribution >= 0.6 is 0 Å². The molecule has 1 aliphatic heterocycles. The molecule has 0 atom stereocenters. The number of nitrogens with zero attached hydrogens (tertiary/aromatic N) is 1. The lowest BCUT2D eigenvalue weighted by molar-refractivity contribution is -0.135. The van der Waals surface area contributed by atoms with Crippen LogP contribution in [0.15, 0.2) is 65.7 Å². The fraction of sp³-hybridized carbons (Fsp3) is 0.286. The molecule has 0 fully saturated rings. The Hall–Kier alpha value is -2.95. The summed E-state index contributed by atoms with van der Waals surface area (Å²) in [5, 5.41) is 2.63. The first-order valence-electron chi connectivity index (χ1n) is 8.90. The topological polar surface area (TPSA) is 67.8 Å². The van der Waals surface area contributed by atoms with E-state index in [0.29, 0.717) is 6.42 Å². The number of carbonyl (C=O) groups is 2. The van der Waals surface area contributed by atoms with Crippen molar-refractivity contribution >= 4 is 17.9 Å². The van der Waals surface area contributed by atoms with Crippen LogP contribution < -0.4 is 5.32 Å². The molecule has 0 spiro atoms. The molecule has 0 radical (unpaired) electrons. The molecule has 1 amide bonds. The highest BCUT2D eigenvalue weighted by atomic mass is 16.6. The molecule has 0 saturated carbocycles. The smallest absolute Gasteiger partial charge is 0.313 e. The van der Waals surface area contributed by atoms with Crippen molar-refractivity contribution in [2.24, 2.45) is 4.99 Å². The predicted octanol–water partition coefficient (Wildman–Crippen LogP) is 3.54. The lowest BCUT2D eigenvalue weighted by Crippen LogP contribution is -2.39. The zero-order valence-electron chi connectivity index (χ0n) is 14.8. The van der Waals surface area contributed by atoms with Crippen molar-refractivity contribution in [2.45, 2.75) is 38.1 Å². The molecule has 5 nitrogen and oxygen atoms in total. The van der Waals surface area contributed by atoms with Gasteiger partial charge < -0.3 is 4.74 Å². The fourth-order valence-corrected chi connectivity index (χ4v) is 3.06. The van der Waals surface area contributed by atoms with Gasteiger partial charge in [-0.3, -0.25) is 14.9 Å². The Morgan fingerprint density at radius 2 is 1.58 bits per heavy atom. The van der Waals surface area contributed by atoms with Crippen LogP contribution in [0.2, 0.25) is 0 Å². The molecule has 0 aliphatic carbocycles. The zero-order chi connectivity index (χ0) is 18.4. The molecule has 2 aromatic carbocycles. The molecule has 2 aromatic rings. The number of rotatable bonds is 6. The van der Waals surface area contributed by atoms with Gasteiger partial charge in [0.05, 0.1) is 0 Å². The summed E-state index contributed by atoms with van der Waals surface area (Å²) >= 11 is 0. The maximum Gasteiger partial charge on any atom is 0.313 e. The molecule has 0 saturated heterocycles. The van der Waals surface area contributed by atoms with E-state index >= 15 is 0 Å². The van der Waals surface area contributed by atoms with E-state index in [1.165, 1.54) is 0 Å². The molecule has 0 aromatic heterocycles. The first-order chi connectivity index (χ1) is 12.7. The number of amides is 1. The molecule has 3 rings (SSSR count). The molecule has 1 aliphatic rings. The van der Waals surface area contributed by atoms with Gasteiger partial charge in [-0.05, 0) is 17.5 Å². The number of hydrogen-bond acceptors (Lipinski definition) is 4. The maximum absolute atomic E-state index is 12.9. The summed E-state index contributed by atoms with van der Waals surface area (Å²) < 4.78 is 5.31. The van der Waals surface area contributed by atoms with Gasteiger partial charge in [-0.2, -0.15) is 0 Å². The van der Waals surface area contributed by atoms with E-state index in [-0.39, 0.29) is 17.9 Å². The Morgan fingerprint density at radius 3 is 2.12 bits per heavy atom. The number of ether oxygens (including phenoxy) is 1. The largest absolute Gasteiger partial charge is 0.392 e. The Kier molecular flexibility index (Phi) is 5.46. The molecule has 1 heterocycles. The number of unbranched alkanes of at least 4 members (excludes halogenated alkanes) is 2. The van der Waals surface area contributed by atoms with Gasteiger partial charge in [0.1, 0.15) is 0 Å². The monoisotopic (exact) mass is 350 g/mol. The van der Waals surface area contributed by atoms with E-state index < -0.39 is 5.54 Å². The molecule has 1 N–H and O–H groups in total. The van der Waals surface area contributed by atoms with E-state index in [1.807, 2.05) is 60.7 Å². The van der Waals surface area contributed by atoms with Crippen LogP contribution in [0.3, 0.4) is 0 Å². The minimum atomic E-state index is -1.25. The third-order valence-electron chi connectivity index (χ3n) is 4.40. The fourth-order valence-electron chi connectivity index (χ4n) is 3.06. The van der Waals surface area contributed by atoms with Crippen molar-refractivity contribution in [3.63, 3.8) is 0 Å². The number of aliphatic imine (C=N–C) groups is 1. The Bertz CT molecular complexity index is 761. The van der Waals surface area contributed by atoms with Crippen LogP contribution in [0.4, 0.5) is 0 Å². The van der Waals surface area contributed by atoms with Gasteiger partial charge in [0.15, 0.2) is 5.54 Å². The van der Waals surface area contributed by atoms with Crippen LogP contribution in [-0.2, 0) is 19.9 Å². The van der Waals surface area contributed by atoms with E-state index in [0.717, 1.165) is 30.4 Å². The van der Waals surface area contributed by atoms with Crippen LogP contribution in [-0.4, -0.2) is 17.9 Å². The summed E-state index contributed by atoms with van der Waals surface area (Å²) in [5.41, 5.74) is 0.197. The van der Waals surface area contributed by atoms with Crippen LogP contribution in [0.5, 0.6) is 0 Å². The summed E-state index contributed by atoms with van der Waals surface area (Å²) in [5.74, 6) is -0.708. The Balaban J connectivity index is 1.93. The standard InChI is InChI=1S/C21H22N2O3/c1-2-3-6-15-18(24)26-20-22-19(25)21(23-20,16-11-7-4-8-12-16)17-13-9-5-10-14-17/h4-5,7-14H,2-3,6,15H2,1H3,(H,22,23,25). The minimum absolute atomic E-state index is 0.0378. The molecule has 0 bridgehead atoms. The second-order valence-electron chi connectivity index (χ2n) is 6.24. The Morgan fingerprint density at radius 1 is 1.00 bits per heavy atom. The highest BCUT2D eigenvalue weighted by molar-refractivity contribution is 6.09. The highest BCUT2D eigenvalue weighted by Gasteiger charge is 2.48.